The van der Waals surface area contributed by atoms with Crippen molar-refractivity contribution in [2.24, 2.45) is 0 Å². The summed E-state index contributed by atoms with van der Waals surface area (Å²) in [7, 11) is 2.11. The maximum atomic E-state index is 11.4. The van der Waals surface area contributed by atoms with E-state index in [0.29, 0.717) is 12.1 Å². The summed E-state index contributed by atoms with van der Waals surface area (Å²) in [5.41, 5.74) is -2.32. The highest BCUT2D eigenvalue weighted by Crippen LogP contribution is 2.37. The summed E-state index contributed by atoms with van der Waals surface area (Å²) in [5.74, 6) is -1.46. The van der Waals surface area contributed by atoms with E-state index >= 15 is 0 Å². The molecule has 0 saturated carbocycles. The fourth-order valence-electron chi connectivity index (χ4n) is 3.22. The molecule has 1 heterocycles. The van der Waals surface area contributed by atoms with Gasteiger partial charge in [-0.3, -0.25) is 30.3 Å². The Balaban J connectivity index is 0.000000220. The van der Waals surface area contributed by atoms with Gasteiger partial charge in [-0.1, -0.05) is 30.3 Å². The van der Waals surface area contributed by atoms with Gasteiger partial charge in [-0.2, -0.15) is 0 Å². The first kappa shape index (κ1) is 23.3. The zero-order valence-electron chi connectivity index (χ0n) is 16.5. The van der Waals surface area contributed by atoms with Crippen molar-refractivity contribution in [3.8, 4) is 5.75 Å². The minimum atomic E-state index is -1.46. The van der Waals surface area contributed by atoms with Gasteiger partial charge in [0.15, 0.2) is 0 Å². The van der Waals surface area contributed by atoms with Gasteiger partial charge in [-0.05, 0) is 38.5 Å². The molecule has 2 aromatic rings. The van der Waals surface area contributed by atoms with Crippen LogP contribution in [0.3, 0.4) is 0 Å². The van der Waals surface area contributed by atoms with Gasteiger partial charge in [0.2, 0.25) is 0 Å². The van der Waals surface area contributed by atoms with Crippen LogP contribution in [0.2, 0.25) is 0 Å². The molecule has 3 rings (SSSR count). The summed E-state index contributed by atoms with van der Waals surface area (Å²) < 4.78 is 0. The molecule has 12 heteroatoms. The Hall–Kier alpha value is -3.93. The fourth-order valence-corrected chi connectivity index (χ4v) is 3.22. The number of piperidine rings is 1. The van der Waals surface area contributed by atoms with E-state index in [2.05, 4.69) is 24.1 Å². The van der Waals surface area contributed by atoms with Gasteiger partial charge >= 0.3 is 0 Å². The standard InChI is InChI=1S/C13H17NO.C6H3N3O7/c1-14-9-7-13(11-15,8-10-14)12-5-3-2-4-6-12;10-6-4(8(13)14)1-3(7(11)12)2-5(6)9(15)16/h2-6,11H,7-10H2,1H3;1-2,10H/p-1. The summed E-state index contributed by atoms with van der Waals surface area (Å²) in [6.07, 6.45) is 3.03. The second-order valence-electron chi connectivity index (χ2n) is 7.03. The fraction of sp³-hybridized carbons (Fsp3) is 0.316. The number of rotatable bonds is 5. The molecule has 1 aliphatic heterocycles. The van der Waals surface area contributed by atoms with Crippen molar-refractivity contribution >= 4 is 23.3 Å². The monoisotopic (exact) mass is 431 g/mol. The van der Waals surface area contributed by atoms with E-state index in [1.807, 2.05) is 18.2 Å². The summed E-state index contributed by atoms with van der Waals surface area (Å²) in [6, 6.07) is 10.9. The second kappa shape index (κ2) is 9.71. The van der Waals surface area contributed by atoms with E-state index in [4.69, 9.17) is 0 Å². The highest BCUT2D eigenvalue weighted by atomic mass is 16.6. The third-order valence-corrected chi connectivity index (χ3v) is 5.09. The van der Waals surface area contributed by atoms with Crippen LogP contribution in [0, 0.1) is 30.3 Å². The van der Waals surface area contributed by atoms with E-state index < -0.39 is 37.6 Å². The van der Waals surface area contributed by atoms with Crippen LogP contribution in [-0.2, 0) is 10.2 Å². The topological polar surface area (TPSA) is 173 Å². The lowest BCUT2D eigenvalue weighted by Crippen LogP contribution is -2.41. The van der Waals surface area contributed by atoms with E-state index in [9.17, 15) is 40.2 Å². The summed E-state index contributed by atoms with van der Waals surface area (Å²) in [6.45, 7) is 2.02. The molecule has 31 heavy (non-hydrogen) atoms. The first-order valence-electron chi connectivity index (χ1n) is 9.10. The molecule has 0 spiro atoms. The van der Waals surface area contributed by atoms with Crippen molar-refractivity contribution in [3.05, 3.63) is 78.4 Å². The van der Waals surface area contributed by atoms with Crippen LogP contribution in [0.1, 0.15) is 18.4 Å². The number of aldehydes is 1. The van der Waals surface area contributed by atoms with Gasteiger partial charge < -0.3 is 14.8 Å². The average Bonchev–Trinajstić information content (AvgIpc) is 2.75. The average molecular weight is 431 g/mol. The number of benzene rings is 2. The van der Waals surface area contributed by atoms with Crippen molar-refractivity contribution in [3.63, 3.8) is 0 Å². The summed E-state index contributed by atoms with van der Waals surface area (Å²) in [4.78, 5) is 41.2. The molecule has 2 aromatic carbocycles. The molecule has 1 saturated heterocycles. The van der Waals surface area contributed by atoms with Gasteiger partial charge in [-0.15, -0.1) is 0 Å². The van der Waals surface area contributed by atoms with Crippen LogP contribution in [-0.4, -0.2) is 46.1 Å². The molecule has 0 N–H and O–H groups in total. The number of likely N-dealkylation sites (tertiary alicyclic amines) is 1. The SMILES string of the molecule is CN1CCC(C=O)(c2ccccc2)CC1.O=[N+]([O-])c1cc([N+](=O)[O-])c([O-])c([N+](=O)[O-])c1. The lowest BCUT2D eigenvalue weighted by molar-refractivity contribution is -0.420. The molecular weight excluding hydrogens is 412 g/mol. The largest absolute Gasteiger partial charge is 0.863 e. The zero-order valence-corrected chi connectivity index (χ0v) is 16.5. The van der Waals surface area contributed by atoms with Gasteiger partial charge in [0.05, 0.1) is 38.1 Å². The molecule has 0 atom stereocenters. The van der Waals surface area contributed by atoms with E-state index in [0.717, 1.165) is 32.2 Å². The number of carbonyl (C=O) groups is 1. The van der Waals surface area contributed by atoms with Crippen LogP contribution in [0.4, 0.5) is 17.1 Å². The molecule has 0 unspecified atom stereocenters. The number of nitrogens with zero attached hydrogens (tertiary/aromatic N) is 4. The van der Waals surface area contributed by atoms with Crippen LogP contribution < -0.4 is 5.11 Å². The minimum Gasteiger partial charge on any atom is -0.863 e. The summed E-state index contributed by atoms with van der Waals surface area (Å²) >= 11 is 0. The third-order valence-electron chi connectivity index (χ3n) is 5.09. The number of hydrogen-bond acceptors (Lipinski definition) is 9. The van der Waals surface area contributed by atoms with Crippen LogP contribution in [0.5, 0.6) is 5.75 Å². The molecule has 1 aliphatic rings. The summed E-state index contributed by atoms with van der Waals surface area (Å²) in [5, 5.41) is 42.1. The van der Waals surface area contributed by atoms with Crippen molar-refractivity contribution in [1.82, 2.24) is 4.90 Å². The predicted octanol–water partition coefficient (Wildman–Crippen LogP) is 2.33. The number of carbonyl (C=O) groups excluding carboxylic acids is 1. The third kappa shape index (κ3) is 5.36. The normalized spacial score (nSPS) is 15.3. The molecule has 0 bridgehead atoms. The first-order chi connectivity index (χ1) is 14.6. The maximum absolute atomic E-state index is 11.4. The molecule has 164 valence electrons. The molecule has 0 aromatic heterocycles. The molecular formula is C19H19N4O8-. The Morgan fingerprint density at radius 2 is 1.39 bits per heavy atom. The van der Waals surface area contributed by atoms with E-state index in [1.54, 1.807) is 0 Å². The molecule has 0 radical (unpaired) electrons. The quantitative estimate of drug-likeness (QED) is 0.391. The Kier molecular flexibility index (Phi) is 7.32. The minimum absolute atomic E-state index is 0.228. The molecule has 12 nitrogen and oxygen atoms in total. The highest BCUT2D eigenvalue weighted by Gasteiger charge is 2.34. The Labute approximate surface area is 176 Å². The maximum Gasteiger partial charge on any atom is 0.283 e. The molecule has 1 fully saturated rings. The molecule has 0 aliphatic carbocycles. The Morgan fingerprint density at radius 3 is 1.77 bits per heavy atom. The van der Waals surface area contributed by atoms with E-state index in [1.165, 1.54) is 5.56 Å². The lowest BCUT2D eigenvalue weighted by atomic mass is 9.74. The zero-order chi connectivity index (χ0) is 23.2. The Morgan fingerprint density at radius 1 is 0.903 bits per heavy atom. The number of non-ortho nitro benzene ring substituents is 1. The van der Waals surface area contributed by atoms with Gasteiger partial charge in [-0.25, -0.2) is 0 Å². The van der Waals surface area contributed by atoms with Gasteiger partial charge in [0.1, 0.15) is 6.29 Å². The lowest BCUT2D eigenvalue weighted by Gasteiger charge is -2.36. The smallest absolute Gasteiger partial charge is 0.283 e. The van der Waals surface area contributed by atoms with E-state index in [-0.39, 0.29) is 5.41 Å². The van der Waals surface area contributed by atoms with Gasteiger partial charge in [0, 0.05) is 0 Å². The highest BCUT2D eigenvalue weighted by molar-refractivity contribution is 5.69. The first-order valence-corrected chi connectivity index (χ1v) is 9.10. The van der Waals surface area contributed by atoms with Crippen molar-refractivity contribution in [2.75, 3.05) is 20.1 Å². The number of hydrogen-bond donors (Lipinski definition) is 0. The van der Waals surface area contributed by atoms with Crippen LogP contribution in [0.15, 0.2) is 42.5 Å². The van der Waals surface area contributed by atoms with Gasteiger partial charge in [0.25, 0.3) is 17.1 Å². The van der Waals surface area contributed by atoms with Crippen LogP contribution >= 0.6 is 0 Å². The second-order valence-corrected chi connectivity index (χ2v) is 7.03. The van der Waals surface area contributed by atoms with Crippen molar-refractivity contribution in [2.45, 2.75) is 18.3 Å². The van der Waals surface area contributed by atoms with Crippen molar-refractivity contribution in [1.29, 1.82) is 0 Å². The van der Waals surface area contributed by atoms with Crippen LogP contribution in [0.25, 0.3) is 0 Å². The number of nitro groups is 3. The Bertz CT molecular complexity index is 953. The predicted molar refractivity (Wildman–Crippen MR) is 107 cm³/mol. The molecule has 0 amide bonds. The number of nitro benzene ring substituents is 3. The van der Waals surface area contributed by atoms with Crippen molar-refractivity contribution < 1.29 is 24.7 Å².